The van der Waals surface area contributed by atoms with Gasteiger partial charge in [0.05, 0.1) is 12.1 Å². The first-order valence-corrected chi connectivity index (χ1v) is 7.98. The van der Waals surface area contributed by atoms with Gasteiger partial charge in [0.2, 0.25) is 5.43 Å². The van der Waals surface area contributed by atoms with E-state index in [0.29, 0.717) is 5.39 Å². The molecule has 0 aliphatic carbocycles. The third-order valence-corrected chi connectivity index (χ3v) is 3.99. The molecular formula is C18H14BrNO3. The number of ether oxygens (including phenoxy) is 1. The first-order valence-electron chi connectivity index (χ1n) is 7.19. The molecule has 0 spiro atoms. The molecular weight excluding hydrogens is 358 g/mol. The lowest BCUT2D eigenvalue weighted by molar-refractivity contribution is 0.0524. The number of nitrogens with zero attached hydrogens (tertiary/aromatic N) is 1. The minimum Gasteiger partial charge on any atom is -0.462 e. The van der Waals surface area contributed by atoms with Gasteiger partial charge >= 0.3 is 5.97 Å². The highest BCUT2D eigenvalue weighted by atomic mass is 79.9. The molecule has 0 fully saturated rings. The maximum Gasteiger partial charge on any atom is 0.343 e. The average molecular weight is 372 g/mol. The summed E-state index contributed by atoms with van der Waals surface area (Å²) in [5.74, 6) is -0.605. The molecule has 0 N–H and O–H groups in total. The number of halogens is 1. The highest BCUT2D eigenvalue weighted by molar-refractivity contribution is 9.10. The van der Waals surface area contributed by atoms with E-state index in [1.54, 1.807) is 25.3 Å². The molecule has 0 saturated heterocycles. The summed E-state index contributed by atoms with van der Waals surface area (Å²) in [7, 11) is 0. The van der Waals surface area contributed by atoms with E-state index in [-0.39, 0.29) is 17.6 Å². The Morgan fingerprint density at radius 2 is 1.96 bits per heavy atom. The van der Waals surface area contributed by atoms with E-state index < -0.39 is 5.97 Å². The fraction of sp³-hybridized carbons (Fsp3) is 0.111. The largest absolute Gasteiger partial charge is 0.462 e. The van der Waals surface area contributed by atoms with E-state index in [0.717, 1.165) is 15.7 Å². The zero-order valence-electron chi connectivity index (χ0n) is 12.5. The van der Waals surface area contributed by atoms with Gasteiger partial charge in [-0.1, -0.05) is 34.1 Å². The van der Waals surface area contributed by atoms with Crippen molar-refractivity contribution in [3.63, 3.8) is 0 Å². The van der Waals surface area contributed by atoms with Crippen molar-refractivity contribution in [3.8, 4) is 5.69 Å². The smallest absolute Gasteiger partial charge is 0.343 e. The van der Waals surface area contributed by atoms with Crippen LogP contribution in [0, 0.1) is 0 Å². The Morgan fingerprint density at radius 1 is 1.17 bits per heavy atom. The van der Waals surface area contributed by atoms with Crippen molar-refractivity contribution in [2.45, 2.75) is 6.92 Å². The van der Waals surface area contributed by atoms with Crippen LogP contribution >= 0.6 is 15.9 Å². The van der Waals surface area contributed by atoms with Crippen LogP contribution in [0.5, 0.6) is 0 Å². The molecule has 0 amide bonds. The summed E-state index contributed by atoms with van der Waals surface area (Å²) >= 11 is 3.44. The normalized spacial score (nSPS) is 10.7. The van der Waals surface area contributed by atoms with E-state index in [1.165, 1.54) is 0 Å². The van der Waals surface area contributed by atoms with Gasteiger partial charge < -0.3 is 9.30 Å². The molecule has 0 aliphatic heterocycles. The summed E-state index contributed by atoms with van der Waals surface area (Å²) in [6, 6.07) is 14.9. The maximum atomic E-state index is 12.6. The van der Waals surface area contributed by atoms with Crippen LogP contribution in [0.2, 0.25) is 0 Å². The molecule has 1 heterocycles. The molecule has 3 aromatic rings. The molecule has 0 atom stereocenters. The lowest BCUT2D eigenvalue weighted by Crippen LogP contribution is -2.20. The highest BCUT2D eigenvalue weighted by Crippen LogP contribution is 2.20. The molecule has 0 aliphatic rings. The van der Waals surface area contributed by atoms with Crippen LogP contribution in [-0.4, -0.2) is 17.1 Å². The van der Waals surface area contributed by atoms with Crippen LogP contribution in [-0.2, 0) is 4.74 Å². The fourth-order valence-electron chi connectivity index (χ4n) is 2.47. The zero-order valence-corrected chi connectivity index (χ0v) is 14.0. The van der Waals surface area contributed by atoms with Crippen molar-refractivity contribution in [2.75, 3.05) is 6.61 Å². The molecule has 2 aromatic carbocycles. The van der Waals surface area contributed by atoms with Crippen molar-refractivity contribution >= 4 is 32.8 Å². The molecule has 3 rings (SSSR count). The van der Waals surface area contributed by atoms with E-state index in [2.05, 4.69) is 15.9 Å². The number of benzene rings is 2. The van der Waals surface area contributed by atoms with Crippen molar-refractivity contribution < 1.29 is 9.53 Å². The molecule has 5 heteroatoms. The van der Waals surface area contributed by atoms with E-state index in [9.17, 15) is 9.59 Å². The highest BCUT2D eigenvalue weighted by Gasteiger charge is 2.16. The van der Waals surface area contributed by atoms with Gasteiger partial charge in [-0.3, -0.25) is 4.79 Å². The SMILES string of the molecule is CCOC(=O)c1cn(-c2cccc(Br)c2)c2ccccc2c1=O. The van der Waals surface area contributed by atoms with Crippen LogP contribution in [0.1, 0.15) is 17.3 Å². The quantitative estimate of drug-likeness (QED) is 0.655. The summed E-state index contributed by atoms with van der Waals surface area (Å²) in [6.45, 7) is 1.94. The Morgan fingerprint density at radius 3 is 2.70 bits per heavy atom. The van der Waals surface area contributed by atoms with Gasteiger partial charge in [0.25, 0.3) is 0 Å². The Kier molecular flexibility index (Phi) is 4.30. The summed E-state index contributed by atoms with van der Waals surface area (Å²) in [5.41, 5.74) is 1.31. The number of hydrogen-bond donors (Lipinski definition) is 0. The number of pyridine rings is 1. The Balaban J connectivity index is 2.34. The van der Waals surface area contributed by atoms with Crippen LogP contribution in [0.3, 0.4) is 0 Å². The number of carbonyl (C=O) groups excluding carboxylic acids is 1. The summed E-state index contributed by atoms with van der Waals surface area (Å²) < 4.78 is 7.75. The number of aromatic nitrogens is 1. The minimum atomic E-state index is -0.605. The number of hydrogen-bond acceptors (Lipinski definition) is 3. The molecule has 1 aromatic heterocycles. The summed E-state index contributed by atoms with van der Waals surface area (Å²) in [4.78, 5) is 24.7. The zero-order chi connectivity index (χ0) is 16.4. The molecule has 0 bridgehead atoms. The third-order valence-electron chi connectivity index (χ3n) is 3.49. The second-order valence-corrected chi connectivity index (χ2v) is 5.88. The first-order chi connectivity index (χ1) is 11.1. The van der Waals surface area contributed by atoms with Crippen molar-refractivity contribution in [1.29, 1.82) is 0 Å². The molecule has 0 saturated carbocycles. The van der Waals surface area contributed by atoms with Crippen molar-refractivity contribution in [2.24, 2.45) is 0 Å². The lowest BCUT2D eigenvalue weighted by atomic mass is 10.1. The second-order valence-electron chi connectivity index (χ2n) is 4.96. The predicted octanol–water partition coefficient (Wildman–Crippen LogP) is 3.93. The van der Waals surface area contributed by atoms with E-state index in [1.807, 2.05) is 41.0 Å². The number of carbonyl (C=O) groups is 1. The topological polar surface area (TPSA) is 48.3 Å². The first kappa shape index (κ1) is 15.5. The molecule has 0 radical (unpaired) electrons. The maximum absolute atomic E-state index is 12.6. The van der Waals surface area contributed by atoms with Crippen LogP contribution < -0.4 is 5.43 Å². The number of rotatable bonds is 3. The van der Waals surface area contributed by atoms with Crippen molar-refractivity contribution in [1.82, 2.24) is 4.57 Å². The Bertz CT molecular complexity index is 946. The fourth-order valence-corrected chi connectivity index (χ4v) is 2.86. The number of esters is 1. The molecule has 0 unspecified atom stereocenters. The van der Waals surface area contributed by atoms with Gasteiger partial charge in [-0.25, -0.2) is 4.79 Å². The monoisotopic (exact) mass is 371 g/mol. The van der Waals surface area contributed by atoms with E-state index in [4.69, 9.17) is 4.74 Å². The van der Waals surface area contributed by atoms with Gasteiger partial charge in [0.15, 0.2) is 0 Å². The summed E-state index contributed by atoms with van der Waals surface area (Å²) in [5, 5.41) is 0.484. The summed E-state index contributed by atoms with van der Waals surface area (Å²) in [6.07, 6.45) is 1.55. The Hall–Kier alpha value is -2.40. The molecule has 4 nitrogen and oxygen atoms in total. The third kappa shape index (κ3) is 2.92. The number of para-hydroxylation sites is 1. The average Bonchev–Trinajstić information content (AvgIpc) is 2.55. The van der Waals surface area contributed by atoms with Gasteiger partial charge in [-0.2, -0.15) is 0 Å². The van der Waals surface area contributed by atoms with Crippen LogP contribution in [0.15, 0.2) is 64.0 Å². The van der Waals surface area contributed by atoms with Crippen molar-refractivity contribution in [3.05, 3.63) is 75.0 Å². The van der Waals surface area contributed by atoms with E-state index >= 15 is 0 Å². The van der Waals surface area contributed by atoms with Crippen LogP contribution in [0.25, 0.3) is 16.6 Å². The standard InChI is InChI=1S/C18H14BrNO3/c1-2-23-18(22)15-11-20(13-7-5-6-12(19)10-13)16-9-4-3-8-14(16)17(15)21/h3-11H,2H2,1H3. The Labute approximate surface area is 141 Å². The predicted molar refractivity (Wildman–Crippen MR) is 93.2 cm³/mol. The lowest BCUT2D eigenvalue weighted by Gasteiger charge is -2.13. The molecule has 116 valence electrons. The minimum absolute atomic E-state index is 0.0329. The van der Waals surface area contributed by atoms with Gasteiger partial charge in [-0.05, 0) is 37.3 Å². The molecule has 23 heavy (non-hydrogen) atoms. The van der Waals surface area contributed by atoms with Crippen LogP contribution in [0.4, 0.5) is 0 Å². The van der Waals surface area contributed by atoms with Gasteiger partial charge in [-0.15, -0.1) is 0 Å². The van der Waals surface area contributed by atoms with Gasteiger partial charge in [0, 0.05) is 21.7 Å². The number of fused-ring (bicyclic) bond motifs is 1. The van der Waals surface area contributed by atoms with Gasteiger partial charge in [0.1, 0.15) is 5.56 Å². The second kappa shape index (κ2) is 6.38.